The smallest absolute Gasteiger partial charge is 0.272 e. The molecular formula is C11H9Cl2N3OS. The molecule has 0 aromatic carbocycles. The van der Waals surface area contributed by atoms with Crippen LogP contribution in [0.1, 0.15) is 28.3 Å². The molecule has 7 heteroatoms. The van der Waals surface area contributed by atoms with E-state index < -0.39 is 0 Å². The molecule has 1 unspecified atom stereocenters. The van der Waals surface area contributed by atoms with Gasteiger partial charge >= 0.3 is 0 Å². The van der Waals surface area contributed by atoms with Gasteiger partial charge in [-0.05, 0) is 31.2 Å². The number of nitrogens with zero attached hydrogens (tertiary/aromatic N) is 2. The topological polar surface area (TPSA) is 54.9 Å². The summed E-state index contributed by atoms with van der Waals surface area (Å²) in [6.45, 7) is 1.88. The molecule has 0 fully saturated rings. The fourth-order valence-corrected chi connectivity index (χ4v) is 2.50. The standard InChI is InChI=1S/C11H9Cl2N3OS/c1-6(8-3-5-10(13)18-8)14-11(17)7-2-4-9(12)16-15-7/h2-6H,1H3,(H,14,17). The van der Waals surface area contributed by atoms with Crippen LogP contribution >= 0.6 is 34.5 Å². The molecule has 2 rings (SSSR count). The zero-order valence-electron chi connectivity index (χ0n) is 9.35. The van der Waals surface area contributed by atoms with Gasteiger partial charge in [-0.3, -0.25) is 4.79 Å². The van der Waals surface area contributed by atoms with Crippen LogP contribution in [-0.2, 0) is 0 Å². The Kier molecular flexibility index (Phi) is 4.16. The number of carbonyl (C=O) groups excluding carboxylic acids is 1. The molecule has 0 radical (unpaired) electrons. The lowest BCUT2D eigenvalue weighted by atomic mass is 10.2. The van der Waals surface area contributed by atoms with E-state index >= 15 is 0 Å². The molecule has 0 saturated heterocycles. The average Bonchev–Trinajstić information content (AvgIpc) is 2.76. The number of nitrogens with one attached hydrogen (secondary N) is 1. The lowest BCUT2D eigenvalue weighted by molar-refractivity contribution is 0.0934. The second-order valence-electron chi connectivity index (χ2n) is 3.58. The Labute approximate surface area is 118 Å². The lowest BCUT2D eigenvalue weighted by Crippen LogP contribution is -2.27. The third kappa shape index (κ3) is 3.19. The van der Waals surface area contributed by atoms with E-state index in [1.807, 2.05) is 13.0 Å². The summed E-state index contributed by atoms with van der Waals surface area (Å²) < 4.78 is 0.692. The summed E-state index contributed by atoms with van der Waals surface area (Å²) in [5.74, 6) is -0.295. The summed E-state index contributed by atoms with van der Waals surface area (Å²) in [5, 5.41) is 10.4. The maximum atomic E-state index is 11.9. The SMILES string of the molecule is CC(NC(=O)c1ccc(Cl)nn1)c1ccc(Cl)s1. The number of amides is 1. The summed E-state index contributed by atoms with van der Waals surface area (Å²) in [5.41, 5.74) is 0.230. The van der Waals surface area contributed by atoms with E-state index in [0.29, 0.717) is 4.34 Å². The minimum absolute atomic E-state index is 0.132. The van der Waals surface area contributed by atoms with Crippen LogP contribution in [0.25, 0.3) is 0 Å². The summed E-state index contributed by atoms with van der Waals surface area (Å²) >= 11 is 12.9. The Hall–Kier alpha value is -1.17. The molecule has 1 amide bonds. The van der Waals surface area contributed by atoms with Gasteiger partial charge in [0.25, 0.3) is 5.91 Å². The van der Waals surface area contributed by atoms with Gasteiger partial charge < -0.3 is 5.32 Å². The molecule has 0 aliphatic carbocycles. The van der Waals surface area contributed by atoms with Crippen LogP contribution in [-0.4, -0.2) is 16.1 Å². The Morgan fingerprint density at radius 2 is 2.06 bits per heavy atom. The first-order chi connectivity index (χ1) is 8.56. The van der Waals surface area contributed by atoms with Crippen LogP contribution < -0.4 is 5.32 Å². The Morgan fingerprint density at radius 3 is 2.61 bits per heavy atom. The van der Waals surface area contributed by atoms with Gasteiger partial charge in [-0.15, -0.1) is 21.5 Å². The maximum absolute atomic E-state index is 11.9. The fraction of sp³-hybridized carbons (Fsp3) is 0.182. The second-order valence-corrected chi connectivity index (χ2v) is 5.71. The van der Waals surface area contributed by atoms with Gasteiger partial charge in [-0.2, -0.15) is 0 Å². The normalized spacial score (nSPS) is 12.2. The molecule has 0 saturated carbocycles. The highest BCUT2D eigenvalue weighted by molar-refractivity contribution is 7.16. The van der Waals surface area contributed by atoms with Gasteiger partial charge in [0.1, 0.15) is 0 Å². The largest absolute Gasteiger partial charge is 0.343 e. The van der Waals surface area contributed by atoms with Crippen LogP contribution in [0.3, 0.4) is 0 Å². The summed E-state index contributed by atoms with van der Waals surface area (Å²) in [6.07, 6.45) is 0. The first kappa shape index (κ1) is 13.3. The van der Waals surface area contributed by atoms with Crippen molar-refractivity contribution >= 4 is 40.4 Å². The van der Waals surface area contributed by atoms with E-state index in [-0.39, 0.29) is 22.8 Å². The molecule has 0 spiro atoms. The van der Waals surface area contributed by atoms with Crippen LogP contribution in [0.15, 0.2) is 24.3 Å². The predicted octanol–water partition coefficient (Wildman–Crippen LogP) is 3.34. The van der Waals surface area contributed by atoms with Crippen molar-refractivity contribution in [2.75, 3.05) is 0 Å². The van der Waals surface area contributed by atoms with Gasteiger partial charge in [0.15, 0.2) is 10.8 Å². The fourth-order valence-electron chi connectivity index (χ4n) is 1.34. The summed E-state index contributed by atoms with van der Waals surface area (Å²) in [6, 6.07) is 6.60. The van der Waals surface area contributed by atoms with E-state index in [4.69, 9.17) is 23.2 Å². The highest BCUT2D eigenvalue weighted by Gasteiger charge is 2.14. The maximum Gasteiger partial charge on any atom is 0.272 e. The molecule has 94 valence electrons. The molecule has 0 aliphatic rings. The molecule has 1 atom stereocenters. The van der Waals surface area contributed by atoms with Crippen molar-refractivity contribution in [3.8, 4) is 0 Å². The number of rotatable bonds is 3. The van der Waals surface area contributed by atoms with Crippen molar-refractivity contribution in [1.29, 1.82) is 0 Å². The number of carbonyl (C=O) groups is 1. The summed E-state index contributed by atoms with van der Waals surface area (Å²) in [7, 11) is 0. The molecule has 18 heavy (non-hydrogen) atoms. The molecule has 2 heterocycles. The molecule has 2 aromatic heterocycles. The van der Waals surface area contributed by atoms with Crippen molar-refractivity contribution in [1.82, 2.24) is 15.5 Å². The Bertz CT molecular complexity index is 556. The Morgan fingerprint density at radius 1 is 1.28 bits per heavy atom. The van der Waals surface area contributed by atoms with Gasteiger partial charge in [-0.25, -0.2) is 0 Å². The van der Waals surface area contributed by atoms with Gasteiger partial charge in [0.2, 0.25) is 0 Å². The summed E-state index contributed by atoms with van der Waals surface area (Å²) in [4.78, 5) is 12.8. The minimum atomic E-state index is -0.295. The van der Waals surface area contributed by atoms with Gasteiger partial charge in [0.05, 0.1) is 10.4 Å². The van der Waals surface area contributed by atoms with Crippen molar-refractivity contribution in [3.63, 3.8) is 0 Å². The predicted molar refractivity (Wildman–Crippen MR) is 72.3 cm³/mol. The number of halogens is 2. The Balaban J connectivity index is 2.05. The number of thiophene rings is 1. The second kappa shape index (κ2) is 5.65. The molecule has 1 N–H and O–H groups in total. The zero-order chi connectivity index (χ0) is 13.1. The quantitative estimate of drug-likeness (QED) is 0.946. The highest BCUT2D eigenvalue weighted by atomic mass is 35.5. The van der Waals surface area contributed by atoms with Crippen LogP contribution in [0.2, 0.25) is 9.49 Å². The minimum Gasteiger partial charge on any atom is -0.343 e. The van der Waals surface area contributed by atoms with Crippen LogP contribution in [0.4, 0.5) is 0 Å². The van der Waals surface area contributed by atoms with E-state index in [1.54, 1.807) is 6.07 Å². The van der Waals surface area contributed by atoms with Crippen molar-refractivity contribution in [2.24, 2.45) is 0 Å². The molecule has 0 aliphatic heterocycles. The number of hydrogen-bond donors (Lipinski definition) is 1. The van der Waals surface area contributed by atoms with E-state index in [2.05, 4.69) is 15.5 Å². The molecule has 0 bridgehead atoms. The molecule has 2 aromatic rings. The van der Waals surface area contributed by atoms with E-state index in [0.717, 1.165) is 4.88 Å². The third-order valence-corrected chi connectivity index (χ3v) is 3.85. The van der Waals surface area contributed by atoms with Gasteiger partial charge in [0, 0.05) is 4.88 Å². The highest BCUT2D eigenvalue weighted by Crippen LogP contribution is 2.26. The zero-order valence-corrected chi connectivity index (χ0v) is 11.7. The average molecular weight is 302 g/mol. The monoisotopic (exact) mass is 301 g/mol. The van der Waals surface area contributed by atoms with Crippen molar-refractivity contribution in [2.45, 2.75) is 13.0 Å². The van der Waals surface area contributed by atoms with Crippen molar-refractivity contribution in [3.05, 3.63) is 44.3 Å². The van der Waals surface area contributed by atoms with E-state index in [9.17, 15) is 4.79 Å². The van der Waals surface area contributed by atoms with Gasteiger partial charge in [-0.1, -0.05) is 23.2 Å². The number of aromatic nitrogens is 2. The number of hydrogen-bond acceptors (Lipinski definition) is 4. The lowest BCUT2D eigenvalue weighted by Gasteiger charge is -2.11. The van der Waals surface area contributed by atoms with Crippen LogP contribution in [0, 0.1) is 0 Å². The molecule has 4 nitrogen and oxygen atoms in total. The van der Waals surface area contributed by atoms with Crippen molar-refractivity contribution < 1.29 is 4.79 Å². The van der Waals surface area contributed by atoms with E-state index in [1.165, 1.54) is 23.5 Å². The molecular weight excluding hydrogens is 293 g/mol. The third-order valence-electron chi connectivity index (χ3n) is 2.23. The van der Waals surface area contributed by atoms with Crippen LogP contribution in [0.5, 0.6) is 0 Å². The first-order valence-corrected chi connectivity index (χ1v) is 6.69. The first-order valence-electron chi connectivity index (χ1n) is 5.11.